The number of hydrogen-bond donors (Lipinski definition) is 0. The standard InChI is InChI=1S/C27H24N2O2/c1-31-27(30)23-14-15-26-25(18-23)24(19-29(26)17-5-16-28)13-10-20-8-11-22(12-9-20)21-6-3-2-4-7-21/h2-4,6-9,11-12,14-15,18-19H,5,10,13,17H2,1H3. The number of benzene rings is 3. The van der Waals surface area contributed by atoms with Crippen LogP contribution in [0.25, 0.3) is 22.0 Å². The second-order valence-corrected chi connectivity index (χ2v) is 7.54. The molecule has 4 rings (SSSR count). The summed E-state index contributed by atoms with van der Waals surface area (Å²) in [5, 5.41) is 10.0. The van der Waals surface area contributed by atoms with Crippen molar-refractivity contribution in [2.75, 3.05) is 7.11 Å². The smallest absolute Gasteiger partial charge is 0.337 e. The third-order valence-electron chi connectivity index (χ3n) is 5.59. The molecule has 31 heavy (non-hydrogen) atoms. The minimum absolute atomic E-state index is 0.339. The Balaban J connectivity index is 1.58. The summed E-state index contributed by atoms with van der Waals surface area (Å²) in [6.45, 7) is 0.635. The van der Waals surface area contributed by atoms with Crippen molar-refractivity contribution in [3.63, 3.8) is 0 Å². The molecule has 154 valence electrons. The molecule has 0 radical (unpaired) electrons. The van der Waals surface area contributed by atoms with E-state index in [2.05, 4.69) is 53.2 Å². The highest BCUT2D eigenvalue weighted by atomic mass is 16.5. The van der Waals surface area contributed by atoms with Crippen molar-refractivity contribution in [2.45, 2.75) is 25.8 Å². The molecule has 0 bridgehead atoms. The predicted molar refractivity (Wildman–Crippen MR) is 123 cm³/mol. The Hall–Kier alpha value is -3.84. The molecule has 0 unspecified atom stereocenters. The molecule has 0 aliphatic carbocycles. The van der Waals surface area contributed by atoms with Crippen LogP contribution in [-0.4, -0.2) is 17.6 Å². The molecule has 4 nitrogen and oxygen atoms in total. The summed E-state index contributed by atoms with van der Waals surface area (Å²) in [6.07, 6.45) is 4.31. The summed E-state index contributed by atoms with van der Waals surface area (Å²) < 4.78 is 6.99. The van der Waals surface area contributed by atoms with E-state index in [1.54, 1.807) is 6.07 Å². The molecule has 0 aliphatic rings. The molecule has 3 aromatic carbocycles. The number of carbonyl (C=O) groups excluding carboxylic acids is 1. The quantitative estimate of drug-likeness (QED) is 0.364. The van der Waals surface area contributed by atoms with E-state index in [-0.39, 0.29) is 5.97 Å². The molecule has 4 aromatic rings. The Morgan fingerprint density at radius 3 is 2.42 bits per heavy atom. The van der Waals surface area contributed by atoms with Gasteiger partial charge in [-0.15, -0.1) is 0 Å². The van der Waals surface area contributed by atoms with Crippen molar-refractivity contribution >= 4 is 16.9 Å². The Morgan fingerprint density at radius 1 is 0.968 bits per heavy atom. The van der Waals surface area contributed by atoms with Gasteiger partial charge < -0.3 is 9.30 Å². The lowest BCUT2D eigenvalue weighted by atomic mass is 10.00. The molecule has 0 amide bonds. The number of ether oxygens (including phenoxy) is 1. The fraction of sp³-hybridized carbons (Fsp3) is 0.185. The lowest BCUT2D eigenvalue weighted by Gasteiger charge is -2.05. The number of aromatic nitrogens is 1. The molecular weight excluding hydrogens is 384 g/mol. The molecule has 0 saturated carbocycles. The molecule has 0 spiro atoms. The topological polar surface area (TPSA) is 55.0 Å². The van der Waals surface area contributed by atoms with Crippen molar-refractivity contribution in [1.82, 2.24) is 4.57 Å². The van der Waals surface area contributed by atoms with Crippen molar-refractivity contribution in [3.8, 4) is 17.2 Å². The van der Waals surface area contributed by atoms with Gasteiger partial charge in [0.25, 0.3) is 0 Å². The molecule has 1 aromatic heterocycles. The summed E-state index contributed by atoms with van der Waals surface area (Å²) in [5.74, 6) is -0.339. The average molecular weight is 409 g/mol. The number of aryl methyl sites for hydroxylation is 3. The van der Waals surface area contributed by atoms with Crippen molar-refractivity contribution in [1.29, 1.82) is 5.26 Å². The maximum absolute atomic E-state index is 12.0. The van der Waals surface area contributed by atoms with Crippen LogP contribution in [0.15, 0.2) is 79.0 Å². The highest BCUT2D eigenvalue weighted by molar-refractivity contribution is 5.96. The summed E-state index contributed by atoms with van der Waals surface area (Å²) >= 11 is 0. The second-order valence-electron chi connectivity index (χ2n) is 7.54. The minimum atomic E-state index is -0.339. The predicted octanol–water partition coefficient (Wildman–Crippen LogP) is 5.79. The fourth-order valence-electron chi connectivity index (χ4n) is 3.94. The maximum atomic E-state index is 12.0. The lowest BCUT2D eigenvalue weighted by Crippen LogP contribution is -2.01. The Bertz CT molecular complexity index is 1230. The number of fused-ring (bicyclic) bond motifs is 1. The number of nitriles is 1. The minimum Gasteiger partial charge on any atom is -0.465 e. The van der Waals surface area contributed by atoms with Gasteiger partial charge in [0.2, 0.25) is 0 Å². The molecule has 0 N–H and O–H groups in total. The van der Waals surface area contributed by atoms with Crippen LogP contribution in [0.2, 0.25) is 0 Å². The van der Waals surface area contributed by atoms with Crippen LogP contribution in [-0.2, 0) is 24.1 Å². The SMILES string of the molecule is COC(=O)c1ccc2c(c1)c(CCc1ccc(-c3ccccc3)cc1)cn2CCC#N. The number of esters is 1. The zero-order chi connectivity index (χ0) is 21.6. The van der Waals surface area contributed by atoms with Gasteiger partial charge in [-0.3, -0.25) is 0 Å². The van der Waals surface area contributed by atoms with E-state index in [0.717, 1.165) is 23.7 Å². The summed E-state index contributed by atoms with van der Waals surface area (Å²) in [6, 6.07) is 26.9. The van der Waals surface area contributed by atoms with E-state index < -0.39 is 0 Å². The lowest BCUT2D eigenvalue weighted by molar-refractivity contribution is 0.0601. The van der Waals surface area contributed by atoms with Crippen LogP contribution in [0.1, 0.15) is 27.9 Å². The van der Waals surface area contributed by atoms with Crippen LogP contribution < -0.4 is 0 Å². The highest BCUT2D eigenvalue weighted by Crippen LogP contribution is 2.26. The zero-order valence-corrected chi connectivity index (χ0v) is 17.5. The number of methoxy groups -OCH3 is 1. The third-order valence-corrected chi connectivity index (χ3v) is 5.59. The fourth-order valence-corrected chi connectivity index (χ4v) is 3.94. The number of carbonyl (C=O) groups is 1. The third kappa shape index (κ3) is 4.51. The van der Waals surface area contributed by atoms with Gasteiger partial charge in [-0.05, 0) is 53.3 Å². The molecular formula is C27H24N2O2. The normalized spacial score (nSPS) is 10.7. The van der Waals surface area contributed by atoms with Crippen LogP contribution in [0.5, 0.6) is 0 Å². The Labute approximate surface area is 182 Å². The Morgan fingerprint density at radius 2 is 1.71 bits per heavy atom. The van der Waals surface area contributed by atoms with E-state index in [1.807, 2.05) is 30.3 Å². The van der Waals surface area contributed by atoms with Gasteiger partial charge in [0, 0.05) is 23.6 Å². The van der Waals surface area contributed by atoms with Crippen molar-refractivity contribution in [2.24, 2.45) is 0 Å². The summed E-state index contributed by atoms with van der Waals surface area (Å²) in [7, 11) is 1.39. The monoisotopic (exact) mass is 408 g/mol. The first-order valence-corrected chi connectivity index (χ1v) is 10.4. The second kappa shape index (κ2) is 9.32. The van der Waals surface area contributed by atoms with Gasteiger partial charge in [0.15, 0.2) is 0 Å². The molecule has 0 aliphatic heterocycles. The number of hydrogen-bond acceptors (Lipinski definition) is 3. The molecule has 1 heterocycles. The van der Waals surface area contributed by atoms with Gasteiger partial charge in [-0.25, -0.2) is 4.79 Å². The van der Waals surface area contributed by atoms with Gasteiger partial charge >= 0.3 is 5.97 Å². The molecule has 0 fully saturated rings. The molecule has 0 atom stereocenters. The van der Waals surface area contributed by atoms with E-state index in [9.17, 15) is 4.79 Å². The summed E-state index contributed by atoms with van der Waals surface area (Å²) in [5.41, 5.74) is 6.44. The first kappa shape index (κ1) is 20.4. The van der Waals surface area contributed by atoms with Crippen LogP contribution in [0, 0.1) is 11.3 Å². The Kier molecular flexibility index (Phi) is 6.14. The van der Waals surface area contributed by atoms with Gasteiger partial charge in [-0.2, -0.15) is 5.26 Å². The van der Waals surface area contributed by atoms with Crippen molar-refractivity contribution < 1.29 is 9.53 Å². The first-order chi connectivity index (χ1) is 15.2. The average Bonchev–Trinajstić information content (AvgIpc) is 3.18. The van der Waals surface area contributed by atoms with Gasteiger partial charge in [-0.1, -0.05) is 54.6 Å². The highest BCUT2D eigenvalue weighted by Gasteiger charge is 2.13. The first-order valence-electron chi connectivity index (χ1n) is 10.4. The summed E-state index contributed by atoms with van der Waals surface area (Å²) in [4.78, 5) is 12.0. The number of nitrogens with zero attached hydrogens (tertiary/aromatic N) is 2. The van der Waals surface area contributed by atoms with E-state index >= 15 is 0 Å². The van der Waals surface area contributed by atoms with E-state index in [4.69, 9.17) is 10.00 Å². The van der Waals surface area contributed by atoms with Crippen molar-refractivity contribution in [3.05, 3.63) is 95.7 Å². The maximum Gasteiger partial charge on any atom is 0.337 e. The number of rotatable bonds is 7. The molecule has 4 heteroatoms. The zero-order valence-electron chi connectivity index (χ0n) is 17.5. The largest absolute Gasteiger partial charge is 0.465 e. The van der Waals surface area contributed by atoms with Gasteiger partial charge in [0.1, 0.15) is 0 Å². The van der Waals surface area contributed by atoms with E-state index in [0.29, 0.717) is 18.5 Å². The van der Waals surface area contributed by atoms with Crippen LogP contribution >= 0.6 is 0 Å². The van der Waals surface area contributed by atoms with Crippen LogP contribution in [0.3, 0.4) is 0 Å². The molecule has 0 saturated heterocycles. The van der Waals surface area contributed by atoms with E-state index in [1.165, 1.54) is 29.4 Å². The van der Waals surface area contributed by atoms with Gasteiger partial charge in [0.05, 0.1) is 25.2 Å². The van der Waals surface area contributed by atoms with Crippen LogP contribution in [0.4, 0.5) is 0 Å².